The molecule has 1 amide bonds. The van der Waals surface area contributed by atoms with Crippen LogP contribution in [-0.2, 0) is 17.9 Å². The van der Waals surface area contributed by atoms with E-state index in [4.69, 9.17) is 5.73 Å². The minimum absolute atomic E-state index is 0.00510. The average Bonchev–Trinajstić information content (AvgIpc) is 2.26. The van der Waals surface area contributed by atoms with Gasteiger partial charge in [0.1, 0.15) is 0 Å². The van der Waals surface area contributed by atoms with Gasteiger partial charge in [0.2, 0.25) is 5.91 Å². The van der Waals surface area contributed by atoms with Crippen LogP contribution in [0.4, 0.5) is 0 Å². The summed E-state index contributed by atoms with van der Waals surface area (Å²) in [5, 5.41) is 2.85. The molecule has 0 saturated heterocycles. The van der Waals surface area contributed by atoms with E-state index in [1.807, 2.05) is 26.2 Å². The highest BCUT2D eigenvalue weighted by atomic mass is 16.1. The van der Waals surface area contributed by atoms with Crippen molar-refractivity contribution in [2.75, 3.05) is 20.6 Å². The molecule has 0 heterocycles. The molecule has 0 aliphatic heterocycles. The predicted octanol–water partition coefficient (Wildman–Crippen LogP) is 0.713. The molecular formula is C13H21N3O. The zero-order chi connectivity index (χ0) is 12.7. The van der Waals surface area contributed by atoms with Crippen molar-refractivity contribution in [3.63, 3.8) is 0 Å². The van der Waals surface area contributed by atoms with Gasteiger partial charge in [-0.2, -0.15) is 0 Å². The Bertz CT molecular complexity index is 363. The molecule has 0 aromatic heterocycles. The highest BCUT2D eigenvalue weighted by Gasteiger charge is 2.01. The normalized spacial score (nSPS) is 10.6. The van der Waals surface area contributed by atoms with Crippen LogP contribution in [0.5, 0.6) is 0 Å². The van der Waals surface area contributed by atoms with Gasteiger partial charge in [0.15, 0.2) is 0 Å². The van der Waals surface area contributed by atoms with Crippen molar-refractivity contribution in [1.82, 2.24) is 10.2 Å². The number of hydrogen-bond donors (Lipinski definition) is 2. The van der Waals surface area contributed by atoms with Crippen LogP contribution in [0.1, 0.15) is 17.5 Å². The lowest BCUT2D eigenvalue weighted by molar-refractivity contribution is -0.121. The first-order chi connectivity index (χ1) is 8.11. The van der Waals surface area contributed by atoms with E-state index < -0.39 is 0 Å². The van der Waals surface area contributed by atoms with Crippen LogP contribution in [0.15, 0.2) is 24.3 Å². The van der Waals surface area contributed by atoms with Gasteiger partial charge in [-0.1, -0.05) is 24.3 Å². The summed E-state index contributed by atoms with van der Waals surface area (Å²) in [5.74, 6) is 0.00510. The Balaban J connectivity index is 2.51. The Morgan fingerprint density at radius 2 is 2.06 bits per heavy atom. The first-order valence-electron chi connectivity index (χ1n) is 5.81. The lowest BCUT2D eigenvalue weighted by atomic mass is 10.1. The molecule has 0 aliphatic rings. The quantitative estimate of drug-likeness (QED) is 0.763. The molecule has 0 spiro atoms. The fourth-order valence-electron chi connectivity index (χ4n) is 1.62. The molecule has 0 saturated carbocycles. The maximum atomic E-state index is 11.3. The van der Waals surface area contributed by atoms with Gasteiger partial charge in [0.05, 0.1) is 0 Å². The summed E-state index contributed by atoms with van der Waals surface area (Å²) in [7, 11) is 4.07. The van der Waals surface area contributed by atoms with Gasteiger partial charge < -0.3 is 16.0 Å². The molecule has 94 valence electrons. The van der Waals surface area contributed by atoms with E-state index in [1.54, 1.807) is 0 Å². The second kappa shape index (κ2) is 7.04. The molecule has 1 rings (SSSR count). The number of amides is 1. The number of nitrogens with two attached hydrogens (primary N) is 1. The van der Waals surface area contributed by atoms with Crippen molar-refractivity contribution in [2.45, 2.75) is 19.5 Å². The molecular weight excluding hydrogens is 214 g/mol. The van der Waals surface area contributed by atoms with Crippen LogP contribution < -0.4 is 11.1 Å². The Morgan fingerprint density at radius 3 is 2.71 bits per heavy atom. The van der Waals surface area contributed by atoms with Crippen molar-refractivity contribution in [3.8, 4) is 0 Å². The van der Waals surface area contributed by atoms with Crippen LogP contribution >= 0.6 is 0 Å². The summed E-state index contributed by atoms with van der Waals surface area (Å²) in [5.41, 5.74) is 7.68. The minimum Gasteiger partial charge on any atom is -0.352 e. The maximum absolute atomic E-state index is 11.3. The number of carbonyl (C=O) groups is 1. The molecule has 0 aliphatic carbocycles. The summed E-state index contributed by atoms with van der Waals surface area (Å²) in [6, 6.07) is 8.24. The van der Waals surface area contributed by atoms with E-state index in [0.29, 0.717) is 19.5 Å². The van der Waals surface area contributed by atoms with E-state index in [0.717, 1.165) is 12.1 Å². The number of benzene rings is 1. The molecule has 3 N–H and O–H groups in total. The third-order valence-electron chi connectivity index (χ3n) is 2.35. The molecule has 17 heavy (non-hydrogen) atoms. The van der Waals surface area contributed by atoms with E-state index in [1.165, 1.54) is 5.56 Å². The largest absolute Gasteiger partial charge is 0.352 e. The van der Waals surface area contributed by atoms with Gasteiger partial charge in [-0.25, -0.2) is 0 Å². The highest BCUT2D eigenvalue weighted by molar-refractivity contribution is 5.76. The first kappa shape index (κ1) is 13.7. The number of nitrogens with one attached hydrogen (secondary N) is 1. The predicted molar refractivity (Wildman–Crippen MR) is 69.4 cm³/mol. The second-order valence-corrected chi connectivity index (χ2v) is 4.37. The number of rotatable bonds is 6. The average molecular weight is 235 g/mol. The fraction of sp³-hybridized carbons (Fsp3) is 0.462. The van der Waals surface area contributed by atoms with Crippen molar-refractivity contribution in [3.05, 3.63) is 35.4 Å². The molecule has 0 atom stereocenters. The monoisotopic (exact) mass is 235 g/mol. The fourth-order valence-corrected chi connectivity index (χ4v) is 1.62. The standard InChI is InChI=1S/C13H21N3O/c1-16(2)10-12-5-3-4-11(8-12)9-15-13(17)6-7-14/h3-5,8H,6-7,9-10,14H2,1-2H3,(H,15,17). The molecule has 0 bridgehead atoms. The van der Waals surface area contributed by atoms with Crippen LogP contribution in [0.3, 0.4) is 0 Å². The van der Waals surface area contributed by atoms with Crippen LogP contribution in [0.2, 0.25) is 0 Å². The van der Waals surface area contributed by atoms with Gasteiger partial charge in [-0.3, -0.25) is 4.79 Å². The van der Waals surface area contributed by atoms with Gasteiger partial charge in [0.25, 0.3) is 0 Å². The van der Waals surface area contributed by atoms with Crippen molar-refractivity contribution in [1.29, 1.82) is 0 Å². The summed E-state index contributed by atoms with van der Waals surface area (Å²) in [6.07, 6.45) is 0.386. The summed E-state index contributed by atoms with van der Waals surface area (Å²) < 4.78 is 0. The zero-order valence-corrected chi connectivity index (χ0v) is 10.6. The Labute approximate surface area is 103 Å². The molecule has 1 aromatic rings. The molecule has 1 aromatic carbocycles. The van der Waals surface area contributed by atoms with Crippen molar-refractivity contribution >= 4 is 5.91 Å². The van der Waals surface area contributed by atoms with Crippen LogP contribution in [0, 0.1) is 0 Å². The van der Waals surface area contributed by atoms with Gasteiger partial charge in [0, 0.05) is 26.1 Å². The molecule has 4 nitrogen and oxygen atoms in total. The van der Waals surface area contributed by atoms with Crippen molar-refractivity contribution < 1.29 is 4.79 Å². The second-order valence-electron chi connectivity index (χ2n) is 4.37. The molecule has 0 fully saturated rings. The van der Waals surface area contributed by atoms with E-state index >= 15 is 0 Å². The highest BCUT2D eigenvalue weighted by Crippen LogP contribution is 2.06. The van der Waals surface area contributed by atoms with Crippen molar-refractivity contribution in [2.24, 2.45) is 5.73 Å². The van der Waals surface area contributed by atoms with Gasteiger partial charge >= 0.3 is 0 Å². The molecule has 0 unspecified atom stereocenters. The Kier molecular flexibility index (Phi) is 5.66. The molecule has 0 radical (unpaired) electrons. The third kappa shape index (κ3) is 5.47. The summed E-state index contributed by atoms with van der Waals surface area (Å²) in [4.78, 5) is 13.4. The Hall–Kier alpha value is -1.39. The van der Waals surface area contributed by atoms with Crippen LogP contribution in [0.25, 0.3) is 0 Å². The lowest BCUT2D eigenvalue weighted by Crippen LogP contribution is -2.25. The number of carbonyl (C=O) groups excluding carboxylic acids is 1. The summed E-state index contributed by atoms with van der Waals surface area (Å²) >= 11 is 0. The number of nitrogens with zero attached hydrogens (tertiary/aromatic N) is 1. The van der Waals surface area contributed by atoms with Gasteiger partial charge in [-0.05, 0) is 25.2 Å². The molecule has 4 heteroatoms. The van der Waals surface area contributed by atoms with E-state index in [2.05, 4.69) is 22.3 Å². The van der Waals surface area contributed by atoms with Crippen LogP contribution in [-0.4, -0.2) is 31.4 Å². The van der Waals surface area contributed by atoms with E-state index in [9.17, 15) is 4.79 Å². The Morgan fingerprint density at radius 1 is 1.35 bits per heavy atom. The zero-order valence-electron chi connectivity index (χ0n) is 10.6. The smallest absolute Gasteiger partial charge is 0.221 e. The van der Waals surface area contributed by atoms with E-state index in [-0.39, 0.29) is 5.91 Å². The van der Waals surface area contributed by atoms with Gasteiger partial charge in [-0.15, -0.1) is 0 Å². The third-order valence-corrected chi connectivity index (χ3v) is 2.35. The minimum atomic E-state index is 0.00510. The topological polar surface area (TPSA) is 58.4 Å². The number of hydrogen-bond acceptors (Lipinski definition) is 3. The SMILES string of the molecule is CN(C)Cc1cccc(CNC(=O)CCN)c1. The summed E-state index contributed by atoms with van der Waals surface area (Å²) in [6.45, 7) is 1.87. The maximum Gasteiger partial charge on any atom is 0.221 e. The first-order valence-corrected chi connectivity index (χ1v) is 5.81. The lowest BCUT2D eigenvalue weighted by Gasteiger charge is -2.11.